The van der Waals surface area contributed by atoms with Gasteiger partial charge in [-0.1, -0.05) is 57.6 Å². The number of ketones is 1. The topological polar surface area (TPSA) is 63.6 Å². The van der Waals surface area contributed by atoms with Gasteiger partial charge in [-0.05, 0) is 39.0 Å². The number of carbonyl (C=O) groups is 2. The molecule has 0 amide bonds. The molecule has 4 nitrogen and oxygen atoms in total. The highest BCUT2D eigenvalue weighted by Gasteiger charge is 2.29. The summed E-state index contributed by atoms with van der Waals surface area (Å²) in [6.07, 6.45) is 12.8. The SMILES string of the molecule is CCCCC(C)C(=O)CC=C1CC[C@@H](O)[C@@H]1CCCCCCC(=O)OCC. The highest BCUT2D eigenvalue weighted by atomic mass is 16.5. The molecule has 0 spiro atoms. The molecular weight excluding hydrogens is 340 g/mol. The van der Waals surface area contributed by atoms with Crippen molar-refractivity contribution in [3.05, 3.63) is 11.6 Å². The monoisotopic (exact) mass is 380 g/mol. The van der Waals surface area contributed by atoms with Crippen LogP contribution in [0.5, 0.6) is 0 Å². The Morgan fingerprint density at radius 2 is 1.93 bits per heavy atom. The third kappa shape index (κ3) is 9.55. The van der Waals surface area contributed by atoms with Crippen molar-refractivity contribution in [2.75, 3.05) is 6.61 Å². The van der Waals surface area contributed by atoms with Gasteiger partial charge in [-0.25, -0.2) is 0 Å². The Labute approximate surface area is 165 Å². The zero-order chi connectivity index (χ0) is 20.1. The number of rotatable bonds is 14. The molecule has 1 rings (SSSR count). The molecule has 1 aliphatic rings. The fourth-order valence-electron chi connectivity index (χ4n) is 3.90. The van der Waals surface area contributed by atoms with Crippen molar-refractivity contribution in [1.29, 1.82) is 0 Å². The number of ether oxygens (including phenoxy) is 1. The van der Waals surface area contributed by atoms with Gasteiger partial charge in [-0.3, -0.25) is 9.59 Å². The second-order valence-electron chi connectivity index (χ2n) is 7.96. The van der Waals surface area contributed by atoms with E-state index in [9.17, 15) is 14.7 Å². The lowest BCUT2D eigenvalue weighted by molar-refractivity contribution is -0.143. The lowest BCUT2D eigenvalue weighted by atomic mass is 9.91. The molecular formula is C23H40O4. The summed E-state index contributed by atoms with van der Waals surface area (Å²) in [4.78, 5) is 23.6. The molecule has 156 valence electrons. The van der Waals surface area contributed by atoms with Crippen molar-refractivity contribution in [3.63, 3.8) is 0 Å². The first-order valence-corrected chi connectivity index (χ1v) is 11.0. The smallest absolute Gasteiger partial charge is 0.305 e. The second-order valence-corrected chi connectivity index (χ2v) is 7.96. The molecule has 0 aromatic rings. The number of hydrogen-bond donors (Lipinski definition) is 1. The highest BCUT2D eigenvalue weighted by Crippen LogP contribution is 2.35. The van der Waals surface area contributed by atoms with Gasteiger partial charge in [0.25, 0.3) is 0 Å². The van der Waals surface area contributed by atoms with Crippen LogP contribution in [0.4, 0.5) is 0 Å². The largest absolute Gasteiger partial charge is 0.466 e. The number of carbonyl (C=O) groups excluding carboxylic acids is 2. The van der Waals surface area contributed by atoms with Crippen LogP contribution >= 0.6 is 0 Å². The molecule has 1 saturated carbocycles. The van der Waals surface area contributed by atoms with Gasteiger partial charge >= 0.3 is 5.97 Å². The van der Waals surface area contributed by atoms with E-state index in [0.29, 0.717) is 25.2 Å². The van der Waals surface area contributed by atoms with Crippen molar-refractivity contribution >= 4 is 11.8 Å². The van der Waals surface area contributed by atoms with Gasteiger partial charge in [0.2, 0.25) is 0 Å². The predicted molar refractivity (Wildman–Crippen MR) is 109 cm³/mol. The van der Waals surface area contributed by atoms with E-state index in [2.05, 4.69) is 13.0 Å². The van der Waals surface area contributed by atoms with Gasteiger partial charge in [-0.15, -0.1) is 0 Å². The molecule has 0 radical (unpaired) electrons. The molecule has 3 atom stereocenters. The Bertz CT molecular complexity index is 469. The summed E-state index contributed by atoms with van der Waals surface area (Å²) in [7, 11) is 0. The van der Waals surface area contributed by atoms with Gasteiger partial charge in [0.05, 0.1) is 12.7 Å². The van der Waals surface area contributed by atoms with Crippen LogP contribution in [-0.4, -0.2) is 29.6 Å². The number of unbranched alkanes of at least 4 members (excludes halogenated alkanes) is 4. The standard InChI is InChI=1S/C23H40O4/c1-4-6-11-18(3)21(24)16-14-19-15-17-22(25)20(19)12-9-7-8-10-13-23(26)27-5-2/h14,18,20,22,25H,4-13,15-17H2,1-3H3/t18?,20-,22-/m1/s1. The molecule has 1 aliphatic carbocycles. The van der Waals surface area contributed by atoms with Crippen molar-refractivity contribution in [1.82, 2.24) is 0 Å². The Morgan fingerprint density at radius 1 is 1.19 bits per heavy atom. The van der Waals surface area contributed by atoms with Gasteiger partial charge in [0.15, 0.2) is 0 Å². The predicted octanol–water partition coefficient (Wildman–Crippen LogP) is 5.37. The third-order valence-electron chi connectivity index (χ3n) is 5.73. The van der Waals surface area contributed by atoms with Crippen LogP contribution in [0.25, 0.3) is 0 Å². The lowest BCUT2D eigenvalue weighted by Gasteiger charge is -2.17. The molecule has 0 aliphatic heterocycles. The Morgan fingerprint density at radius 3 is 2.63 bits per heavy atom. The number of aliphatic hydroxyl groups excluding tert-OH is 1. The van der Waals surface area contributed by atoms with E-state index < -0.39 is 0 Å². The van der Waals surface area contributed by atoms with Gasteiger partial charge < -0.3 is 9.84 Å². The van der Waals surface area contributed by atoms with Crippen molar-refractivity contribution in [2.24, 2.45) is 11.8 Å². The van der Waals surface area contributed by atoms with Crippen LogP contribution in [-0.2, 0) is 14.3 Å². The second kappa shape index (κ2) is 13.9. The zero-order valence-corrected chi connectivity index (χ0v) is 17.7. The molecule has 0 aromatic heterocycles. The van der Waals surface area contributed by atoms with E-state index in [0.717, 1.165) is 64.2 Å². The first-order valence-electron chi connectivity index (χ1n) is 11.0. The van der Waals surface area contributed by atoms with Crippen molar-refractivity contribution < 1.29 is 19.4 Å². The molecule has 0 bridgehead atoms. The van der Waals surface area contributed by atoms with E-state index in [1.54, 1.807) is 0 Å². The number of Topliss-reactive ketones (excluding diaryl/α,β-unsaturated/α-hetero) is 1. The van der Waals surface area contributed by atoms with E-state index >= 15 is 0 Å². The molecule has 1 unspecified atom stereocenters. The number of aliphatic hydroxyl groups is 1. The molecule has 1 N–H and O–H groups in total. The summed E-state index contributed by atoms with van der Waals surface area (Å²) in [5, 5.41) is 10.3. The van der Waals surface area contributed by atoms with Crippen LogP contribution in [0.2, 0.25) is 0 Å². The summed E-state index contributed by atoms with van der Waals surface area (Å²) in [6.45, 7) is 6.47. The minimum absolute atomic E-state index is 0.105. The van der Waals surface area contributed by atoms with E-state index in [1.165, 1.54) is 5.57 Å². The summed E-state index contributed by atoms with van der Waals surface area (Å²) in [5.74, 6) is 0.585. The zero-order valence-electron chi connectivity index (χ0n) is 17.7. The molecule has 0 aromatic carbocycles. The average Bonchev–Trinajstić information content (AvgIpc) is 3.00. The fourth-order valence-corrected chi connectivity index (χ4v) is 3.90. The fraction of sp³-hybridized carbons (Fsp3) is 0.826. The van der Waals surface area contributed by atoms with E-state index in [-0.39, 0.29) is 23.9 Å². The first kappa shape index (κ1) is 23.9. The van der Waals surface area contributed by atoms with Gasteiger partial charge in [0.1, 0.15) is 5.78 Å². The normalized spacial score (nSPS) is 22.1. The number of hydrogen-bond acceptors (Lipinski definition) is 4. The number of esters is 1. The lowest BCUT2D eigenvalue weighted by Crippen LogP contribution is -2.15. The quantitative estimate of drug-likeness (QED) is 0.250. The van der Waals surface area contributed by atoms with Gasteiger partial charge in [0, 0.05) is 24.7 Å². The molecule has 4 heteroatoms. The van der Waals surface area contributed by atoms with E-state index in [4.69, 9.17) is 4.74 Å². The maximum Gasteiger partial charge on any atom is 0.305 e. The maximum absolute atomic E-state index is 12.3. The van der Waals surface area contributed by atoms with Crippen LogP contribution in [0, 0.1) is 11.8 Å². The van der Waals surface area contributed by atoms with Crippen molar-refractivity contribution in [3.8, 4) is 0 Å². The van der Waals surface area contributed by atoms with Crippen LogP contribution in [0.3, 0.4) is 0 Å². The highest BCUT2D eigenvalue weighted by molar-refractivity contribution is 5.82. The first-order chi connectivity index (χ1) is 13.0. The van der Waals surface area contributed by atoms with Gasteiger partial charge in [-0.2, -0.15) is 0 Å². The Balaban J connectivity index is 2.31. The van der Waals surface area contributed by atoms with Crippen LogP contribution in [0.1, 0.15) is 97.8 Å². The summed E-state index contributed by atoms with van der Waals surface area (Å²) in [5.41, 5.74) is 1.28. The van der Waals surface area contributed by atoms with E-state index in [1.807, 2.05) is 13.8 Å². The minimum Gasteiger partial charge on any atom is -0.466 e. The third-order valence-corrected chi connectivity index (χ3v) is 5.73. The van der Waals surface area contributed by atoms with Crippen molar-refractivity contribution in [2.45, 2.75) is 104 Å². The molecule has 1 fully saturated rings. The molecule has 27 heavy (non-hydrogen) atoms. The van der Waals surface area contributed by atoms with Crippen LogP contribution < -0.4 is 0 Å². The average molecular weight is 381 g/mol. The number of allylic oxidation sites excluding steroid dienone is 1. The summed E-state index contributed by atoms with van der Waals surface area (Å²) < 4.78 is 4.94. The molecule has 0 saturated heterocycles. The van der Waals surface area contributed by atoms with Crippen LogP contribution in [0.15, 0.2) is 11.6 Å². The summed E-state index contributed by atoms with van der Waals surface area (Å²) in [6, 6.07) is 0. The Hall–Kier alpha value is -1.16. The Kier molecular flexibility index (Phi) is 12.3. The summed E-state index contributed by atoms with van der Waals surface area (Å²) >= 11 is 0. The molecule has 0 heterocycles. The minimum atomic E-state index is -0.261. The maximum atomic E-state index is 12.3.